The number of nitrogens with zero attached hydrogens (tertiary/aromatic N) is 1. The van der Waals surface area contributed by atoms with E-state index in [0.717, 1.165) is 5.56 Å². The van der Waals surface area contributed by atoms with Crippen LogP contribution in [0, 0.1) is 0 Å². The van der Waals surface area contributed by atoms with Crippen LogP contribution < -0.4 is 5.73 Å². The number of hydrogen-bond donors (Lipinski definition) is 1. The predicted octanol–water partition coefficient (Wildman–Crippen LogP) is 2.23. The molecule has 110 valence electrons. The molecular formula is C16H24N2O2. The number of carbonyl (C=O) groups is 1. The van der Waals surface area contributed by atoms with Crippen molar-refractivity contribution >= 4 is 11.6 Å². The maximum absolute atomic E-state index is 12.5. The fourth-order valence-corrected chi connectivity index (χ4v) is 2.93. The minimum absolute atomic E-state index is 0.104. The lowest BCUT2D eigenvalue weighted by molar-refractivity contribution is -0.187. The van der Waals surface area contributed by atoms with E-state index < -0.39 is 0 Å². The Hall–Kier alpha value is -1.55. The van der Waals surface area contributed by atoms with Gasteiger partial charge in [-0.25, -0.2) is 0 Å². The first-order valence-corrected chi connectivity index (χ1v) is 7.00. The summed E-state index contributed by atoms with van der Waals surface area (Å²) in [5.41, 5.74) is 6.83. The Morgan fingerprint density at radius 3 is 2.30 bits per heavy atom. The summed E-state index contributed by atoms with van der Waals surface area (Å²) in [5, 5.41) is 0. The molecule has 20 heavy (non-hydrogen) atoms. The molecule has 4 heteroatoms. The molecule has 0 atom stereocenters. The van der Waals surface area contributed by atoms with Crippen molar-refractivity contribution in [3.63, 3.8) is 0 Å². The topological polar surface area (TPSA) is 55.6 Å². The molecule has 0 unspecified atom stereocenters. The number of para-hydroxylation sites is 1. The van der Waals surface area contributed by atoms with Gasteiger partial charge in [-0.3, -0.25) is 4.79 Å². The van der Waals surface area contributed by atoms with Gasteiger partial charge < -0.3 is 15.4 Å². The number of morpholine rings is 1. The van der Waals surface area contributed by atoms with E-state index in [2.05, 4.69) is 0 Å². The molecule has 1 aromatic rings. The van der Waals surface area contributed by atoms with Gasteiger partial charge in [0.25, 0.3) is 0 Å². The molecule has 0 saturated carbocycles. The molecule has 1 aliphatic rings. The van der Waals surface area contributed by atoms with Gasteiger partial charge in [0, 0.05) is 18.8 Å². The highest BCUT2D eigenvalue weighted by Gasteiger charge is 2.39. The Labute approximate surface area is 120 Å². The zero-order chi connectivity index (χ0) is 15.0. The van der Waals surface area contributed by atoms with Gasteiger partial charge in [-0.2, -0.15) is 0 Å². The van der Waals surface area contributed by atoms with Crippen molar-refractivity contribution in [1.82, 2.24) is 4.90 Å². The molecule has 0 spiro atoms. The van der Waals surface area contributed by atoms with Crippen LogP contribution >= 0.6 is 0 Å². The fraction of sp³-hybridized carbons (Fsp3) is 0.562. The second kappa shape index (κ2) is 5.09. The van der Waals surface area contributed by atoms with E-state index in [-0.39, 0.29) is 17.1 Å². The number of carbonyl (C=O) groups excluding carboxylic acids is 1. The van der Waals surface area contributed by atoms with Crippen LogP contribution in [0.1, 0.15) is 33.3 Å². The number of rotatable bonds is 2. The number of anilines is 1. The summed E-state index contributed by atoms with van der Waals surface area (Å²) in [6, 6.07) is 7.52. The first kappa shape index (κ1) is 14.9. The fourth-order valence-electron chi connectivity index (χ4n) is 2.93. The molecule has 1 heterocycles. The molecule has 0 bridgehead atoms. The van der Waals surface area contributed by atoms with Crippen molar-refractivity contribution in [3.8, 4) is 0 Å². The Morgan fingerprint density at radius 1 is 1.20 bits per heavy atom. The largest absolute Gasteiger partial charge is 0.398 e. The number of nitrogens with two attached hydrogens (primary N) is 1. The molecule has 2 rings (SSSR count). The Bertz CT molecular complexity index is 493. The van der Waals surface area contributed by atoms with E-state index in [1.807, 2.05) is 56.9 Å². The van der Waals surface area contributed by atoms with Crippen LogP contribution in [0.4, 0.5) is 5.69 Å². The Kier molecular flexibility index (Phi) is 3.78. The van der Waals surface area contributed by atoms with E-state index in [1.165, 1.54) is 0 Å². The van der Waals surface area contributed by atoms with Crippen LogP contribution in [0.2, 0.25) is 0 Å². The summed E-state index contributed by atoms with van der Waals surface area (Å²) < 4.78 is 6.00. The number of nitrogen functional groups attached to an aromatic ring is 1. The van der Waals surface area contributed by atoms with Crippen LogP contribution in [0.25, 0.3) is 0 Å². The normalized spacial score (nSPS) is 20.7. The molecule has 1 aliphatic heterocycles. The molecule has 1 aromatic carbocycles. The van der Waals surface area contributed by atoms with Gasteiger partial charge in [0.15, 0.2) is 0 Å². The third-order valence-corrected chi connectivity index (χ3v) is 3.45. The van der Waals surface area contributed by atoms with Crippen LogP contribution in [-0.4, -0.2) is 35.1 Å². The number of ether oxygens (including phenoxy) is 1. The quantitative estimate of drug-likeness (QED) is 0.843. The molecule has 1 saturated heterocycles. The predicted molar refractivity (Wildman–Crippen MR) is 80.4 cm³/mol. The van der Waals surface area contributed by atoms with Crippen LogP contribution in [0.5, 0.6) is 0 Å². The standard InChI is InChI=1S/C16H24N2O2/c1-15(2)10-18(11-16(3,4)20-15)14(19)9-12-7-5-6-8-13(12)17/h5-8H,9-11,17H2,1-4H3. The van der Waals surface area contributed by atoms with Crippen molar-refractivity contribution in [2.75, 3.05) is 18.8 Å². The van der Waals surface area contributed by atoms with Crippen LogP contribution in [0.3, 0.4) is 0 Å². The zero-order valence-corrected chi connectivity index (χ0v) is 12.8. The average molecular weight is 276 g/mol. The monoisotopic (exact) mass is 276 g/mol. The number of hydrogen-bond acceptors (Lipinski definition) is 3. The molecule has 0 aromatic heterocycles. The smallest absolute Gasteiger partial charge is 0.227 e. The highest BCUT2D eigenvalue weighted by Crippen LogP contribution is 2.28. The van der Waals surface area contributed by atoms with Gasteiger partial charge in [0.05, 0.1) is 17.6 Å². The molecule has 2 N–H and O–H groups in total. The Morgan fingerprint density at radius 2 is 1.75 bits per heavy atom. The van der Waals surface area contributed by atoms with E-state index in [1.54, 1.807) is 0 Å². The average Bonchev–Trinajstić information content (AvgIpc) is 2.28. The summed E-state index contributed by atoms with van der Waals surface area (Å²) >= 11 is 0. The van der Waals surface area contributed by atoms with Crippen molar-refractivity contribution in [1.29, 1.82) is 0 Å². The first-order valence-electron chi connectivity index (χ1n) is 7.00. The molecule has 4 nitrogen and oxygen atoms in total. The minimum atomic E-state index is -0.320. The van der Waals surface area contributed by atoms with Crippen molar-refractivity contribution in [3.05, 3.63) is 29.8 Å². The first-order chi connectivity index (χ1) is 9.19. The number of benzene rings is 1. The van der Waals surface area contributed by atoms with Crippen LogP contribution in [-0.2, 0) is 16.0 Å². The van der Waals surface area contributed by atoms with Gasteiger partial charge >= 0.3 is 0 Å². The lowest BCUT2D eigenvalue weighted by Crippen LogP contribution is -2.58. The summed E-state index contributed by atoms with van der Waals surface area (Å²) in [6.07, 6.45) is 0.346. The second-order valence-electron chi connectivity index (χ2n) is 6.75. The van der Waals surface area contributed by atoms with Crippen molar-refractivity contribution < 1.29 is 9.53 Å². The van der Waals surface area contributed by atoms with Gasteiger partial charge in [0.2, 0.25) is 5.91 Å². The van der Waals surface area contributed by atoms with E-state index in [9.17, 15) is 4.79 Å². The van der Waals surface area contributed by atoms with Gasteiger partial charge in [-0.05, 0) is 39.3 Å². The molecular weight excluding hydrogens is 252 g/mol. The molecule has 0 radical (unpaired) electrons. The van der Waals surface area contributed by atoms with Gasteiger partial charge in [-0.1, -0.05) is 18.2 Å². The highest BCUT2D eigenvalue weighted by molar-refractivity contribution is 5.80. The highest BCUT2D eigenvalue weighted by atomic mass is 16.5. The van der Waals surface area contributed by atoms with E-state index in [4.69, 9.17) is 10.5 Å². The summed E-state index contributed by atoms with van der Waals surface area (Å²) in [7, 11) is 0. The van der Waals surface area contributed by atoms with Crippen molar-refractivity contribution in [2.45, 2.75) is 45.3 Å². The molecule has 1 fully saturated rings. The number of amides is 1. The van der Waals surface area contributed by atoms with Crippen LogP contribution in [0.15, 0.2) is 24.3 Å². The molecule has 1 amide bonds. The second-order valence-corrected chi connectivity index (χ2v) is 6.75. The van der Waals surface area contributed by atoms with Crippen molar-refractivity contribution in [2.24, 2.45) is 0 Å². The maximum Gasteiger partial charge on any atom is 0.227 e. The third kappa shape index (κ3) is 3.51. The van der Waals surface area contributed by atoms with Gasteiger partial charge in [-0.15, -0.1) is 0 Å². The molecule has 0 aliphatic carbocycles. The van der Waals surface area contributed by atoms with Gasteiger partial charge in [0.1, 0.15) is 0 Å². The summed E-state index contributed by atoms with van der Waals surface area (Å²) in [4.78, 5) is 14.4. The summed E-state index contributed by atoms with van der Waals surface area (Å²) in [5.74, 6) is 0.104. The zero-order valence-electron chi connectivity index (χ0n) is 12.8. The maximum atomic E-state index is 12.5. The minimum Gasteiger partial charge on any atom is -0.398 e. The van der Waals surface area contributed by atoms with E-state index >= 15 is 0 Å². The third-order valence-electron chi connectivity index (χ3n) is 3.45. The lowest BCUT2D eigenvalue weighted by atomic mass is 9.98. The van der Waals surface area contributed by atoms with E-state index in [0.29, 0.717) is 25.2 Å². The Balaban J connectivity index is 2.11. The lowest BCUT2D eigenvalue weighted by Gasteiger charge is -2.47. The SMILES string of the molecule is CC1(C)CN(C(=O)Cc2ccccc2N)CC(C)(C)O1. The summed E-state index contributed by atoms with van der Waals surface area (Å²) in [6.45, 7) is 9.30.